The Hall–Kier alpha value is -3.76. The van der Waals surface area contributed by atoms with Crippen molar-refractivity contribution in [2.24, 2.45) is 0 Å². The van der Waals surface area contributed by atoms with E-state index in [2.05, 4.69) is 4.98 Å². The van der Waals surface area contributed by atoms with E-state index in [1.807, 2.05) is 44.2 Å². The zero-order valence-corrected chi connectivity index (χ0v) is 25.9. The maximum Gasteiger partial charge on any atom is 0.407 e. The first-order chi connectivity index (χ1) is 20.5. The van der Waals surface area contributed by atoms with Gasteiger partial charge in [0.1, 0.15) is 22.3 Å². The Bertz CT molecular complexity index is 1680. The zero-order valence-electron chi connectivity index (χ0n) is 24.3. The fourth-order valence-corrected chi connectivity index (χ4v) is 7.42. The highest BCUT2D eigenvalue weighted by Crippen LogP contribution is 2.41. The van der Waals surface area contributed by atoms with E-state index in [0.29, 0.717) is 31.4 Å². The van der Waals surface area contributed by atoms with Crippen molar-refractivity contribution < 1.29 is 28.2 Å². The first kappa shape index (κ1) is 30.7. The van der Waals surface area contributed by atoms with E-state index in [1.165, 1.54) is 4.90 Å². The maximum absolute atomic E-state index is 14.7. The maximum atomic E-state index is 14.7. The standard InChI is InChI=1S/C32H32ClF2N3O4S/c1-17-13-20(14-18(2)36-17)19-5-12-26(42-4)21(15-19)16-38(23-8-6-22(7-9-23)37(3)32(40)41)31(39)30-28(33)27-24(34)10-11-25(35)29(27)43-30/h5,10-15,22-23H,6-9,16H2,1-4H3,(H,40,41). The highest BCUT2D eigenvalue weighted by atomic mass is 35.5. The Morgan fingerprint density at radius 3 is 2.23 bits per heavy atom. The molecule has 2 amide bonds. The first-order valence-electron chi connectivity index (χ1n) is 13.9. The third-order valence-electron chi connectivity index (χ3n) is 8.13. The number of amides is 2. The van der Waals surface area contributed by atoms with Gasteiger partial charge in [-0.05, 0) is 87.1 Å². The summed E-state index contributed by atoms with van der Waals surface area (Å²) in [6.07, 6.45) is 1.22. The molecule has 0 atom stereocenters. The molecule has 2 heterocycles. The van der Waals surface area contributed by atoms with Gasteiger partial charge in [0.2, 0.25) is 0 Å². The van der Waals surface area contributed by atoms with Crippen molar-refractivity contribution in [1.82, 2.24) is 14.8 Å². The lowest BCUT2D eigenvalue weighted by molar-refractivity contribution is 0.0555. The number of hydrogen-bond donors (Lipinski definition) is 1. The summed E-state index contributed by atoms with van der Waals surface area (Å²) < 4.78 is 35.0. The highest BCUT2D eigenvalue weighted by molar-refractivity contribution is 7.21. The lowest BCUT2D eigenvalue weighted by Gasteiger charge is -2.39. The number of carbonyl (C=O) groups excluding carboxylic acids is 1. The smallest absolute Gasteiger partial charge is 0.407 e. The zero-order chi connectivity index (χ0) is 31.0. The van der Waals surface area contributed by atoms with Gasteiger partial charge in [-0.3, -0.25) is 9.78 Å². The molecule has 0 spiro atoms. The molecule has 226 valence electrons. The minimum absolute atomic E-state index is 0.0110. The normalized spacial score (nSPS) is 16.7. The SMILES string of the molecule is COc1ccc(-c2cc(C)nc(C)c2)cc1CN(C(=O)c1sc2c(F)ccc(F)c2c1Cl)C1CCC(N(C)C(=O)O)CC1. The Labute approximate surface area is 257 Å². The molecule has 1 aliphatic carbocycles. The van der Waals surface area contributed by atoms with Crippen LogP contribution in [0.25, 0.3) is 21.2 Å². The number of hydrogen-bond acceptors (Lipinski definition) is 5. The second-order valence-corrected chi connectivity index (χ2v) is 12.3. The van der Waals surface area contributed by atoms with E-state index in [0.717, 1.165) is 51.5 Å². The Morgan fingerprint density at radius 2 is 1.63 bits per heavy atom. The fraction of sp³-hybridized carbons (Fsp3) is 0.344. The summed E-state index contributed by atoms with van der Waals surface area (Å²) in [7, 11) is 3.11. The first-order valence-corrected chi connectivity index (χ1v) is 15.1. The monoisotopic (exact) mass is 627 g/mol. The van der Waals surface area contributed by atoms with Gasteiger partial charge in [-0.2, -0.15) is 0 Å². The average molecular weight is 628 g/mol. The summed E-state index contributed by atoms with van der Waals surface area (Å²) in [5.41, 5.74) is 4.41. The lowest BCUT2D eigenvalue weighted by Crippen LogP contribution is -2.46. The third kappa shape index (κ3) is 6.17. The number of pyridine rings is 1. The number of methoxy groups -OCH3 is 1. The van der Waals surface area contributed by atoms with Crippen molar-refractivity contribution in [2.45, 2.75) is 58.2 Å². The molecule has 1 aliphatic rings. The second-order valence-electron chi connectivity index (χ2n) is 10.9. The van der Waals surface area contributed by atoms with Crippen LogP contribution in [0.15, 0.2) is 42.5 Å². The molecule has 2 aromatic heterocycles. The Kier molecular flexibility index (Phi) is 8.89. The van der Waals surface area contributed by atoms with Gasteiger partial charge >= 0.3 is 6.09 Å². The van der Waals surface area contributed by atoms with Crippen molar-refractivity contribution >= 4 is 45.0 Å². The molecular formula is C32H32ClF2N3O4S. The summed E-state index contributed by atoms with van der Waals surface area (Å²) in [6.45, 7) is 4.01. The van der Waals surface area contributed by atoms with Crippen molar-refractivity contribution in [3.05, 3.63) is 81.0 Å². The fourth-order valence-electron chi connectivity index (χ4n) is 5.91. The van der Waals surface area contributed by atoms with Crippen LogP contribution in [0.5, 0.6) is 5.75 Å². The van der Waals surface area contributed by atoms with Crippen LogP contribution in [0.2, 0.25) is 5.02 Å². The Balaban J connectivity index is 1.55. The van der Waals surface area contributed by atoms with Crippen LogP contribution in [0.1, 0.15) is 52.3 Å². The van der Waals surface area contributed by atoms with Gasteiger partial charge in [0, 0.05) is 42.6 Å². The molecule has 0 radical (unpaired) electrons. The van der Waals surface area contributed by atoms with Gasteiger partial charge in [-0.25, -0.2) is 13.6 Å². The van der Waals surface area contributed by atoms with Crippen molar-refractivity contribution in [3.8, 4) is 16.9 Å². The van der Waals surface area contributed by atoms with Gasteiger partial charge in [0.15, 0.2) is 0 Å². The van der Waals surface area contributed by atoms with Crippen LogP contribution in [0.4, 0.5) is 13.6 Å². The molecule has 0 unspecified atom stereocenters. The topological polar surface area (TPSA) is 83.0 Å². The molecule has 4 aromatic rings. The van der Waals surface area contributed by atoms with Gasteiger partial charge in [-0.1, -0.05) is 17.7 Å². The summed E-state index contributed by atoms with van der Waals surface area (Å²) in [4.78, 5) is 33.4. The molecule has 1 saturated carbocycles. The number of carboxylic acid groups (broad SMARTS) is 1. The van der Waals surface area contributed by atoms with Gasteiger partial charge in [0.25, 0.3) is 5.91 Å². The Morgan fingerprint density at radius 1 is 1.00 bits per heavy atom. The molecule has 0 aliphatic heterocycles. The second kappa shape index (κ2) is 12.5. The van der Waals surface area contributed by atoms with Gasteiger partial charge < -0.3 is 19.6 Å². The van der Waals surface area contributed by atoms with Crippen LogP contribution in [0, 0.1) is 25.5 Å². The minimum Gasteiger partial charge on any atom is -0.496 e. The number of thiophene rings is 1. The molecule has 0 saturated heterocycles. The molecule has 2 aromatic carbocycles. The van der Waals surface area contributed by atoms with Crippen molar-refractivity contribution in [2.75, 3.05) is 14.2 Å². The van der Waals surface area contributed by atoms with Crippen LogP contribution in [-0.2, 0) is 6.54 Å². The molecule has 43 heavy (non-hydrogen) atoms. The number of nitrogens with zero attached hydrogens (tertiary/aromatic N) is 3. The molecule has 1 fully saturated rings. The predicted octanol–water partition coefficient (Wildman–Crippen LogP) is 8.08. The quantitative estimate of drug-likeness (QED) is 0.224. The third-order valence-corrected chi connectivity index (χ3v) is 9.81. The van der Waals surface area contributed by atoms with E-state index in [1.54, 1.807) is 19.1 Å². The van der Waals surface area contributed by atoms with Crippen LogP contribution in [-0.4, -0.2) is 58.1 Å². The number of halogens is 3. The molecule has 5 rings (SSSR count). The van der Waals surface area contributed by atoms with Gasteiger partial charge in [0.05, 0.1) is 22.2 Å². The highest BCUT2D eigenvalue weighted by Gasteiger charge is 2.35. The molecular weight excluding hydrogens is 596 g/mol. The number of aromatic nitrogens is 1. The molecule has 0 bridgehead atoms. The number of carbonyl (C=O) groups is 2. The lowest BCUT2D eigenvalue weighted by atomic mass is 9.89. The van der Waals surface area contributed by atoms with Crippen molar-refractivity contribution in [3.63, 3.8) is 0 Å². The van der Waals surface area contributed by atoms with E-state index in [-0.39, 0.29) is 38.6 Å². The number of rotatable bonds is 7. The summed E-state index contributed by atoms with van der Waals surface area (Å²) in [5, 5.41) is 9.24. The summed E-state index contributed by atoms with van der Waals surface area (Å²) >= 11 is 7.40. The molecule has 7 nitrogen and oxygen atoms in total. The number of aryl methyl sites for hydroxylation is 2. The van der Waals surface area contributed by atoms with E-state index >= 15 is 0 Å². The number of benzene rings is 2. The van der Waals surface area contributed by atoms with E-state index < -0.39 is 23.6 Å². The van der Waals surface area contributed by atoms with Crippen LogP contribution >= 0.6 is 22.9 Å². The summed E-state index contributed by atoms with van der Waals surface area (Å²) in [6, 6.07) is 11.3. The number of fused-ring (bicyclic) bond motifs is 1. The van der Waals surface area contributed by atoms with E-state index in [4.69, 9.17) is 16.3 Å². The largest absolute Gasteiger partial charge is 0.496 e. The average Bonchev–Trinajstić information content (AvgIpc) is 3.34. The molecule has 1 N–H and O–H groups in total. The predicted molar refractivity (Wildman–Crippen MR) is 164 cm³/mol. The van der Waals surface area contributed by atoms with E-state index in [9.17, 15) is 23.5 Å². The van der Waals surface area contributed by atoms with Crippen LogP contribution in [0.3, 0.4) is 0 Å². The van der Waals surface area contributed by atoms with Crippen molar-refractivity contribution in [1.29, 1.82) is 0 Å². The summed E-state index contributed by atoms with van der Waals surface area (Å²) in [5.74, 6) is -1.20. The van der Waals surface area contributed by atoms with Gasteiger partial charge in [-0.15, -0.1) is 11.3 Å². The number of ether oxygens (including phenoxy) is 1. The van der Waals surface area contributed by atoms with Crippen LogP contribution < -0.4 is 4.74 Å². The molecule has 11 heteroatoms. The minimum atomic E-state index is -0.999.